The lowest BCUT2D eigenvalue weighted by Gasteiger charge is -2.03. The van der Waals surface area contributed by atoms with Gasteiger partial charge in [0.1, 0.15) is 5.75 Å². The minimum Gasteiger partial charge on any atom is -0.417 e. The predicted octanol–water partition coefficient (Wildman–Crippen LogP) is 2.59. The Morgan fingerprint density at radius 2 is 2.07 bits per heavy atom. The van der Waals surface area contributed by atoms with Gasteiger partial charge in [0.15, 0.2) is 0 Å². The average molecular weight is 185 g/mol. The number of carbonyl (C=O) groups excluding carboxylic acids is 1. The molecule has 1 radical (unpaired) electrons. The van der Waals surface area contributed by atoms with E-state index >= 15 is 0 Å². The van der Waals surface area contributed by atoms with Crippen LogP contribution in [0.25, 0.3) is 10.8 Å². The molecule has 0 heterocycles. The fraction of sp³-hybridized carbons (Fsp3) is 0.0833. The fourth-order valence-electron chi connectivity index (χ4n) is 1.51. The Kier molecular flexibility index (Phi) is 2.19. The molecule has 0 saturated heterocycles. The zero-order valence-corrected chi connectivity index (χ0v) is 7.78. The molecule has 0 spiro atoms. The van der Waals surface area contributed by atoms with Crippen molar-refractivity contribution in [1.82, 2.24) is 0 Å². The van der Waals surface area contributed by atoms with Crippen LogP contribution in [0, 0.1) is 6.92 Å². The van der Waals surface area contributed by atoms with E-state index in [1.807, 2.05) is 37.3 Å². The standard InChI is InChI=1S/C12H9O2/c1-9-5-6-11-10(7-9)3-2-4-12(11)14-8-13/h2-7H,1H3. The van der Waals surface area contributed by atoms with Crippen molar-refractivity contribution in [2.45, 2.75) is 6.92 Å². The van der Waals surface area contributed by atoms with Crippen molar-refractivity contribution in [3.05, 3.63) is 42.0 Å². The smallest absolute Gasteiger partial charge is 0.417 e. The summed E-state index contributed by atoms with van der Waals surface area (Å²) < 4.78 is 4.75. The molecule has 2 rings (SSSR count). The molecular formula is C12H9O2. The third-order valence-corrected chi connectivity index (χ3v) is 2.15. The normalized spacial score (nSPS) is 10.1. The number of aryl methyl sites for hydroxylation is 1. The fourth-order valence-corrected chi connectivity index (χ4v) is 1.51. The SMILES string of the molecule is Cc1ccc2c(O[C]=O)cccc2c1. The van der Waals surface area contributed by atoms with E-state index in [0.717, 1.165) is 10.8 Å². The maximum Gasteiger partial charge on any atom is 0.423 e. The van der Waals surface area contributed by atoms with Gasteiger partial charge < -0.3 is 4.74 Å². The van der Waals surface area contributed by atoms with Crippen LogP contribution in [-0.2, 0) is 4.79 Å². The average Bonchev–Trinajstić information content (AvgIpc) is 2.18. The van der Waals surface area contributed by atoms with Gasteiger partial charge in [-0.2, -0.15) is 0 Å². The van der Waals surface area contributed by atoms with E-state index < -0.39 is 0 Å². The predicted molar refractivity (Wildman–Crippen MR) is 55.0 cm³/mol. The third-order valence-electron chi connectivity index (χ3n) is 2.15. The molecule has 14 heavy (non-hydrogen) atoms. The van der Waals surface area contributed by atoms with Crippen molar-refractivity contribution >= 4 is 17.2 Å². The van der Waals surface area contributed by atoms with Crippen LogP contribution in [-0.4, -0.2) is 6.47 Å². The van der Waals surface area contributed by atoms with E-state index in [4.69, 9.17) is 4.74 Å². The minimum absolute atomic E-state index is 0.553. The van der Waals surface area contributed by atoms with Crippen LogP contribution in [0.3, 0.4) is 0 Å². The number of fused-ring (bicyclic) bond motifs is 1. The first-order chi connectivity index (χ1) is 6.81. The van der Waals surface area contributed by atoms with Crippen molar-refractivity contribution in [3.63, 3.8) is 0 Å². The van der Waals surface area contributed by atoms with E-state index in [-0.39, 0.29) is 0 Å². The summed E-state index contributed by atoms with van der Waals surface area (Å²) >= 11 is 0. The number of hydrogen-bond donors (Lipinski definition) is 0. The molecule has 2 nitrogen and oxygen atoms in total. The highest BCUT2D eigenvalue weighted by molar-refractivity contribution is 5.89. The number of rotatable bonds is 2. The van der Waals surface area contributed by atoms with E-state index in [0.29, 0.717) is 5.75 Å². The molecule has 0 aromatic heterocycles. The Balaban J connectivity index is 2.68. The Morgan fingerprint density at radius 1 is 1.21 bits per heavy atom. The topological polar surface area (TPSA) is 26.3 Å². The third kappa shape index (κ3) is 1.46. The first-order valence-corrected chi connectivity index (χ1v) is 4.34. The van der Waals surface area contributed by atoms with Crippen LogP contribution >= 0.6 is 0 Å². The van der Waals surface area contributed by atoms with E-state index in [2.05, 4.69) is 0 Å². The van der Waals surface area contributed by atoms with Gasteiger partial charge in [0.05, 0.1) is 0 Å². The van der Waals surface area contributed by atoms with Gasteiger partial charge in [0, 0.05) is 5.39 Å². The summed E-state index contributed by atoms with van der Waals surface area (Å²) in [6, 6.07) is 11.6. The number of benzene rings is 2. The van der Waals surface area contributed by atoms with Gasteiger partial charge in [0.2, 0.25) is 0 Å². The van der Waals surface area contributed by atoms with Crippen molar-refractivity contribution in [2.24, 2.45) is 0 Å². The molecule has 0 aliphatic heterocycles. The van der Waals surface area contributed by atoms with E-state index in [9.17, 15) is 4.79 Å². The van der Waals surface area contributed by atoms with E-state index in [1.165, 1.54) is 12.0 Å². The van der Waals surface area contributed by atoms with Crippen molar-refractivity contribution < 1.29 is 9.53 Å². The lowest BCUT2D eigenvalue weighted by Crippen LogP contribution is -1.89. The maximum absolute atomic E-state index is 10.1. The quantitative estimate of drug-likeness (QED) is 0.718. The second-order valence-corrected chi connectivity index (χ2v) is 3.17. The first kappa shape index (κ1) is 8.75. The van der Waals surface area contributed by atoms with Crippen LogP contribution in [0.5, 0.6) is 5.75 Å². The van der Waals surface area contributed by atoms with E-state index in [1.54, 1.807) is 6.07 Å². The summed E-state index contributed by atoms with van der Waals surface area (Å²) in [7, 11) is 0. The Labute approximate surface area is 82.1 Å². The summed E-state index contributed by atoms with van der Waals surface area (Å²) in [6.45, 7) is 3.47. The highest BCUT2D eigenvalue weighted by Gasteiger charge is 2.01. The molecule has 0 saturated carbocycles. The summed E-state index contributed by atoms with van der Waals surface area (Å²) in [4.78, 5) is 10.1. The van der Waals surface area contributed by atoms with Gasteiger partial charge in [-0.1, -0.05) is 35.9 Å². The molecule has 2 aromatic carbocycles. The molecule has 2 aromatic rings. The van der Waals surface area contributed by atoms with Crippen LogP contribution in [0.15, 0.2) is 36.4 Å². The van der Waals surface area contributed by atoms with Crippen LogP contribution in [0.1, 0.15) is 5.56 Å². The highest BCUT2D eigenvalue weighted by Crippen LogP contribution is 2.25. The molecule has 0 bridgehead atoms. The first-order valence-electron chi connectivity index (χ1n) is 4.34. The molecule has 0 atom stereocenters. The molecule has 0 aliphatic carbocycles. The van der Waals surface area contributed by atoms with Crippen LogP contribution in [0.4, 0.5) is 0 Å². The molecule has 69 valence electrons. The van der Waals surface area contributed by atoms with Gasteiger partial charge in [0.25, 0.3) is 0 Å². The van der Waals surface area contributed by atoms with Gasteiger partial charge >= 0.3 is 6.47 Å². The number of hydrogen-bond acceptors (Lipinski definition) is 2. The largest absolute Gasteiger partial charge is 0.423 e. The highest BCUT2D eigenvalue weighted by atomic mass is 16.5. The molecule has 0 unspecified atom stereocenters. The maximum atomic E-state index is 10.1. The van der Waals surface area contributed by atoms with Gasteiger partial charge in [-0.3, -0.25) is 0 Å². The Morgan fingerprint density at radius 3 is 2.86 bits per heavy atom. The van der Waals surface area contributed by atoms with Crippen LogP contribution in [0.2, 0.25) is 0 Å². The number of ether oxygens (including phenoxy) is 1. The lowest BCUT2D eigenvalue weighted by molar-refractivity contribution is 0.445. The zero-order chi connectivity index (χ0) is 9.97. The zero-order valence-electron chi connectivity index (χ0n) is 7.78. The van der Waals surface area contributed by atoms with Crippen molar-refractivity contribution in [1.29, 1.82) is 0 Å². The molecule has 0 aliphatic rings. The van der Waals surface area contributed by atoms with Crippen molar-refractivity contribution in [3.8, 4) is 5.75 Å². The molecule has 0 N–H and O–H groups in total. The molecule has 0 fully saturated rings. The molecular weight excluding hydrogens is 176 g/mol. The van der Waals surface area contributed by atoms with Crippen molar-refractivity contribution in [2.75, 3.05) is 0 Å². The molecule has 2 heteroatoms. The van der Waals surface area contributed by atoms with Gasteiger partial charge in [-0.25, -0.2) is 4.79 Å². The van der Waals surface area contributed by atoms with Gasteiger partial charge in [-0.05, 0) is 18.4 Å². The summed E-state index contributed by atoms with van der Waals surface area (Å²) in [5.74, 6) is 0.553. The Hall–Kier alpha value is -1.83. The lowest BCUT2D eigenvalue weighted by atomic mass is 10.1. The molecule has 0 amide bonds. The summed E-state index contributed by atoms with van der Waals surface area (Å²) in [6.07, 6.45) is 0. The monoisotopic (exact) mass is 185 g/mol. The second-order valence-electron chi connectivity index (χ2n) is 3.17. The van der Waals surface area contributed by atoms with Gasteiger partial charge in [-0.15, -0.1) is 0 Å². The second kappa shape index (κ2) is 3.50. The Bertz CT molecular complexity index is 475. The minimum atomic E-state index is 0.553. The van der Waals surface area contributed by atoms with Crippen LogP contribution < -0.4 is 4.74 Å². The summed E-state index contributed by atoms with van der Waals surface area (Å²) in [5.41, 5.74) is 1.18. The summed E-state index contributed by atoms with van der Waals surface area (Å²) in [5, 5.41) is 2.00.